The van der Waals surface area contributed by atoms with E-state index in [-0.39, 0.29) is 22.9 Å². The van der Waals surface area contributed by atoms with Crippen molar-refractivity contribution in [3.63, 3.8) is 0 Å². The minimum absolute atomic E-state index is 0.0268. The monoisotopic (exact) mass is 237 g/mol. The van der Waals surface area contributed by atoms with E-state index in [2.05, 4.69) is 0 Å². The summed E-state index contributed by atoms with van der Waals surface area (Å²) >= 11 is 0. The first-order chi connectivity index (χ1) is 7.93. The largest absolute Gasteiger partial charge is 0.478 e. The molecule has 0 aromatic heterocycles. The number of ether oxygens (including phenoxy) is 1. The number of rotatable bonds is 4. The molecule has 0 aliphatic rings. The number of carbonyl (C=O) groups is 2. The predicted molar refractivity (Wildman–Crippen MR) is 63.0 cm³/mol. The minimum Gasteiger partial charge on any atom is -0.478 e. The first-order valence-corrected chi connectivity index (χ1v) is 5.29. The molecule has 0 aliphatic heterocycles. The number of aromatic carboxylic acids is 1. The van der Waals surface area contributed by atoms with Gasteiger partial charge >= 0.3 is 11.9 Å². The summed E-state index contributed by atoms with van der Waals surface area (Å²) in [4.78, 5) is 22.5. The number of benzene rings is 1. The Balaban J connectivity index is 2.97. The maximum atomic E-state index is 11.7. The molecule has 0 saturated carbocycles. The summed E-state index contributed by atoms with van der Waals surface area (Å²) in [5.74, 6) is -1.69. The number of carboxylic acid groups (broad SMARTS) is 1. The molecule has 5 heteroatoms. The molecule has 0 aliphatic carbocycles. The Labute approximate surface area is 99.2 Å². The minimum atomic E-state index is -1.13. The van der Waals surface area contributed by atoms with E-state index in [9.17, 15) is 9.59 Å². The average molecular weight is 237 g/mol. The van der Waals surface area contributed by atoms with Crippen LogP contribution in [0.25, 0.3) is 0 Å². The molecule has 0 fully saturated rings. The normalized spacial score (nSPS) is 11.9. The molecular formula is C12H15NO4. The molecule has 0 saturated heterocycles. The van der Waals surface area contributed by atoms with E-state index >= 15 is 0 Å². The SMILES string of the molecule is CCC(C)OC(=O)c1cc(N)cc(C(=O)O)c1. The van der Waals surface area contributed by atoms with Crippen molar-refractivity contribution in [2.45, 2.75) is 26.4 Å². The van der Waals surface area contributed by atoms with E-state index in [1.807, 2.05) is 6.92 Å². The van der Waals surface area contributed by atoms with Crippen molar-refractivity contribution in [3.05, 3.63) is 29.3 Å². The lowest BCUT2D eigenvalue weighted by molar-refractivity contribution is 0.0334. The van der Waals surface area contributed by atoms with Gasteiger partial charge in [0, 0.05) is 5.69 Å². The van der Waals surface area contributed by atoms with E-state index < -0.39 is 11.9 Å². The maximum Gasteiger partial charge on any atom is 0.338 e. The van der Waals surface area contributed by atoms with Crippen molar-refractivity contribution in [3.8, 4) is 0 Å². The zero-order valence-electron chi connectivity index (χ0n) is 9.77. The van der Waals surface area contributed by atoms with Gasteiger partial charge in [0.1, 0.15) is 0 Å². The van der Waals surface area contributed by atoms with Crippen LogP contribution in [0.3, 0.4) is 0 Å². The maximum absolute atomic E-state index is 11.7. The second-order valence-electron chi connectivity index (χ2n) is 3.77. The molecule has 17 heavy (non-hydrogen) atoms. The highest BCUT2D eigenvalue weighted by Crippen LogP contribution is 2.14. The lowest BCUT2D eigenvalue weighted by atomic mass is 10.1. The van der Waals surface area contributed by atoms with Crippen LogP contribution in [0.5, 0.6) is 0 Å². The van der Waals surface area contributed by atoms with Crippen molar-refractivity contribution >= 4 is 17.6 Å². The zero-order valence-corrected chi connectivity index (χ0v) is 9.77. The van der Waals surface area contributed by atoms with Crippen LogP contribution in [0.4, 0.5) is 5.69 Å². The van der Waals surface area contributed by atoms with Crippen LogP contribution in [0.15, 0.2) is 18.2 Å². The Kier molecular flexibility index (Phi) is 4.09. The number of carboxylic acids is 1. The third kappa shape index (κ3) is 3.48. The third-order valence-corrected chi connectivity index (χ3v) is 2.32. The van der Waals surface area contributed by atoms with E-state index in [4.69, 9.17) is 15.6 Å². The molecule has 3 N–H and O–H groups in total. The highest BCUT2D eigenvalue weighted by atomic mass is 16.5. The standard InChI is InChI=1S/C12H15NO4/c1-3-7(2)17-12(16)9-4-8(11(14)15)5-10(13)6-9/h4-7H,3,13H2,1-2H3,(H,14,15). The van der Waals surface area contributed by atoms with Crippen molar-refractivity contribution in [2.24, 2.45) is 0 Å². The second-order valence-corrected chi connectivity index (χ2v) is 3.77. The molecule has 1 rings (SSSR count). The quantitative estimate of drug-likeness (QED) is 0.616. The molecule has 1 unspecified atom stereocenters. The lowest BCUT2D eigenvalue weighted by Gasteiger charge is -2.11. The predicted octanol–water partition coefficient (Wildman–Crippen LogP) is 1.92. The third-order valence-electron chi connectivity index (χ3n) is 2.32. The number of anilines is 1. The van der Waals surface area contributed by atoms with E-state index in [0.717, 1.165) is 0 Å². The van der Waals surface area contributed by atoms with Crippen molar-refractivity contribution in [2.75, 3.05) is 5.73 Å². The van der Waals surface area contributed by atoms with Crippen LogP contribution < -0.4 is 5.73 Å². The fraction of sp³-hybridized carbons (Fsp3) is 0.333. The van der Waals surface area contributed by atoms with Gasteiger partial charge in [-0.2, -0.15) is 0 Å². The van der Waals surface area contributed by atoms with Gasteiger partial charge in [-0.3, -0.25) is 0 Å². The summed E-state index contributed by atoms with van der Waals surface area (Å²) in [6, 6.07) is 3.95. The fourth-order valence-electron chi connectivity index (χ4n) is 1.23. The fourth-order valence-corrected chi connectivity index (χ4v) is 1.23. The molecule has 0 bridgehead atoms. The molecule has 0 heterocycles. The molecular weight excluding hydrogens is 222 g/mol. The summed E-state index contributed by atoms with van der Waals surface area (Å²) in [5, 5.41) is 8.84. The molecule has 1 atom stereocenters. The Hall–Kier alpha value is -2.04. The molecule has 0 amide bonds. The van der Waals surface area contributed by atoms with E-state index in [0.29, 0.717) is 6.42 Å². The Bertz CT molecular complexity index is 442. The zero-order chi connectivity index (χ0) is 13.0. The van der Waals surface area contributed by atoms with E-state index in [1.54, 1.807) is 6.92 Å². The van der Waals surface area contributed by atoms with Gasteiger partial charge in [-0.05, 0) is 31.5 Å². The molecule has 5 nitrogen and oxygen atoms in total. The number of carbonyl (C=O) groups excluding carboxylic acids is 1. The number of nitrogens with two attached hydrogens (primary N) is 1. The summed E-state index contributed by atoms with van der Waals surface area (Å²) in [5.41, 5.74) is 5.88. The van der Waals surface area contributed by atoms with Gasteiger partial charge in [-0.1, -0.05) is 6.92 Å². The van der Waals surface area contributed by atoms with Gasteiger partial charge < -0.3 is 15.6 Å². The summed E-state index contributed by atoms with van der Waals surface area (Å²) < 4.78 is 5.09. The van der Waals surface area contributed by atoms with Gasteiger partial charge in [0.2, 0.25) is 0 Å². The van der Waals surface area contributed by atoms with Gasteiger partial charge in [-0.15, -0.1) is 0 Å². The van der Waals surface area contributed by atoms with Crippen molar-refractivity contribution in [1.29, 1.82) is 0 Å². The summed E-state index contributed by atoms with van der Waals surface area (Å²) in [6.07, 6.45) is 0.483. The van der Waals surface area contributed by atoms with E-state index in [1.165, 1.54) is 18.2 Å². The molecule has 92 valence electrons. The first-order valence-electron chi connectivity index (χ1n) is 5.29. The highest BCUT2D eigenvalue weighted by molar-refractivity contribution is 5.96. The van der Waals surface area contributed by atoms with Crippen LogP contribution >= 0.6 is 0 Å². The summed E-state index contributed by atoms with van der Waals surface area (Å²) in [7, 11) is 0. The number of hydrogen-bond acceptors (Lipinski definition) is 4. The molecule has 0 spiro atoms. The second kappa shape index (κ2) is 5.34. The Morgan fingerprint density at radius 1 is 1.35 bits per heavy atom. The van der Waals surface area contributed by atoms with Gasteiger partial charge in [-0.25, -0.2) is 9.59 Å². The topological polar surface area (TPSA) is 89.6 Å². The van der Waals surface area contributed by atoms with Crippen molar-refractivity contribution < 1.29 is 19.4 Å². The van der Waals surface area contributed by atoms with Crippen LogP contribution in [-0.2, 0) is 4.74 Å². The number of hydrogen-bond donors (Lipinski definition) is 2. The van der Waals surface area contributed by atoms with Gasteiger partial charge in [0.25, 0.3) is 0 Å². The van der Waals surface area contributed by atoms with Crippen LogP contribution in [-0.4, -0.2) is 23.1 Å². The van der Waals surface area contributed by atoms with Crippen LogP contribution in [0.2, 0.25) is 0 Å². The van der Waals surface area contributed by atoms with Gasteiger partial charge in [0.05, 0.1) is 17.2 Å². The van der Waals surface area contributed by atoms with Gasteiger partial charge in [0.15, 0.2) is 0 Å². The van der Waals surface area contributed by atoms with Crippen LogP contribution in [0.1, 0.15) is 41.0 Å². The van der Waals surface area contributed by atoms with Crippen LogP contribution in [0, 0.1) is 0 Å². The Morgan fingerprint density at radius 3 is 2.47 bits per heavy atom. The lowest BCUT2D eigenvalue weighted by Crippen LogP contribution is -2.15. The number of esters is 1. The molecule has 1 aromatic carbocycles. The Morgan fingerprint density at radius 2 is 1.94 bits per heavy atom. The molecule has 1 aromatic rings. The summed E-state index contributed by atoms with van der Waals surface area (Å²) in [6.45, 7) is 3.66. The average Bonchev–Trinajstić information content (AvgIpc) is 2.27. The molecule has 0 radical (unpaired) electrons. The first kappa shape index (κ1) is 13.0. The van der Waals surface area contributed by atoms with Crippen molar-refractivity contribution in [1.82, 2.24) is 0 Å². The highest BCUT2D eigenvalue weighted by Gasteiger charge is 2.14. The number of nitrogen functional groups attached to an aromatic ring is 1. The smallest absolute Gasteiger partial charge is 0.338 e.